The normalized spacial score (nSPS) is 12.3. The number of nitrogens with one attached hydrogen (secondary N) is 1. The zero-order valence-electron chi connectivity index (χ0n) is 10.9. The van der Waals surface area contributed by atoms with Crippen molar-refractivity contribution in [3.05, 3.63) is 0 Å². The summed E-state index contributed by atoms with van der Waals surface area (Å²) in [4.78, 5) is 23.3. The highest BCUT2D eigenvalue weighted by molar-refractivity contribution is 5.82. The van der Waals surface area contributed by atoms with Crippen LogP contribution in [-0.4, -0.2) is 54.9 Å². The Bertz CT molecular complexity index is 256. The zero-order chi connectivity index (χ0) is 13.4. The van der Waals surface area contributed by atoms with Crippen LogP contribution in [0.2, 0.25) is 0 Å². The predicted molar refractivity (Wildman–Crippen MR) is 63.9 cm³/mol. The molecule has 17 heavy (non-hydrogen) atoms. The van der Waals surface area contributed by atoms with Gasteiger partial charge in [-0.3, -0.25) is 0 Å². The number of nitrogens with zero attached hydrogens (tertiary/aromatic N) is 1. The summed E-state index contributed by atoms with van der Waals surface area (Å²) in [5, 5.41) is 11.3. The van der Waals surface area contributed by atoms with Crippen LogP contribution >= 0.6 is 0 Å². The molecule has 0 aliphatic rings. The fourth-order valence-electron chi connectivity index (χ4n) is 1.02. The molecule has 0 aliphatic carbocycles. The molecular formula is C11H22N2O4. The van der Waals surface area contributed by atoms with Gasteiger partial charge in [0.15, 0.2) is 0 Å². The Hall–Kier alpha value is -1.30. The minimum Gasteiger partial charge on any atom is -0.480 e. The smallest absolute Gasteiger partial charge is 0.326 e. The number of carboxylic acid groups (broad SMARTS) is 1. The lowest BCUT2D eigenvalue weighted by Crippen LogP contribution is -2.46. The van der Waals surface area contributed by atoms with Crippen molar-refractivity contribution in [2.24, 2.45) is 5.92 Å². The molecule has 0 heterocycles. The minimum absolute atomic E-state index is 0.377. The molecule has 0 aliphatic heterocycles. The third kappa shape index (κ3) is 6.78. The van der Waals surface area contributed by atoms with Crippen LogP contribution in [0.5, 0.6) is 0 Å². The maximum atomic E-state index is 11.5. The fraction of sp³-hybridized carbons (Fsp3) is 0.818. The minimum atomic E-state index is -1.03. The van der Waals surface area contributed by atoms with Gasteiger partial charge in [-0.25, -0.2) is 9.59 Å². The molecule has 100 valence electrons. The van der Waals surface area contributed by atoms with Crippen molar-refractivity contribution in [3.63, 3.8) is 0 Å². The molecule has 0 saturated carbocycles. The summed E-state index contributed by atoms with van der Waals surface area (Å²) in [5.41, 5.74) is 0. The first-order valence-corrected chi connectivity index (χ1v) is 5.67. The molecule has 0 fully saturated rings. The maximum absolute atomic E-state index is 11.5. The average molecular weight is 246 g/mol. The second kappa shape index (κ2) is 7.89. The van der Waals surface area contributed by atoms with Gasteiger partial charge in [0.1, 0.15) is 6.04 Å². The zero-order valence-corrected chi connectivity index (χ0v) is 10.9. The number of hydrogen-bond acceptors (Lipinski definition) is 3. The van der Waals surface area contributed by atoms with E-state index in [1.165, 1.54) is 14.0 Å². The van der Waals surface area contributed by atoms with Crippen LogP contribution in [-0.2, 0) is 9.53 Å². The Morgan fingerprint density at radius 1 is 1.35 bits per heavy atom. The van der Waals surface area contributed by atoms with Gasteiger partial charge in [0.05, 0.1) is 6.61 Å². The molecular weight excluding hydrogens is 224 g/mol. The van der Waals surface area contributed by atoms with E-state index in [1.807, 2.05) is 13.8 Å². The molecule has 6 heteroatoms. The van der Waals surface area contributed by atoms with Gasteiger partial charge >= 0.3 is 12.0 Å². The van der Waals surface area contributed by atoms with E-state index in [1.54, 1.807) is 0 Å². The van der Waals surface area contributed by atoms with E-state index >= 15 is 0 Å². The number of aliphatic carboxylic acids is 1. The monoisotopic (exact) mass is 246 g/mol. The number of ether oxygens (including phenoxy) is 1. The van der Waals surface area contributed by atoms with Crippen molar-refractivity contribution >= 4 is 12.0 Å². The number of hydrogen-bond donors (Lipinski definition) is 2. The van der Waals surface area contributed by atoms with Crippen molar-refractivity contribution in [2.75, 3.05) is 26.8 Å². The van der Waals surface area contributed by atoms with E-state index < -0.39 is 18.0 Å². The van der Waals surface area contributed by atoms with Gasteiger partial charge in [-0.15, -0.1) is 0 Å². The summed E-state index contributed by atoms with van der Waals surface area (Å²) in [6.45, 7) is 7.00. The second-order valence-corrected chi connectivity index (χ2v) is 4.33. The molecule has 1 unspecified atom stereocenters. The number of rotatable bonds is 7. The van der Waals surface area contributed by atoms with E-state index in [2.05, 4.69) is 5.32 Å². The molecule has 1 atom stereocenters. The lowest BCUT2D eigenvalue weighted by atomic mass is 10.2. The van der Waals surface area contributed by atoms with Crippen LogP contribution < -0.4 is 5.32 Å². The van der Waals surface area contributed by atoms with Gasteiger partial charge in [-0.2, -0.15) is 0 Å². The van der Waals surface area contributed by atoms with Crippen molar-refractivity contribution in [2.45, 2.75) is 26.8 Å². The maximum Gasteiger partial charge on any atom is 0.326 e. The summed E-state index contributed by atoms with van der Waals surface area (Å²) >= 11 is 0. The SMILES string of the molecule is CC(C)COCCNC(=O)N(C)C(C)C(=O)O. The van der Waals surface area contributed by atoms with E-state index in [-0.39, 0.29) is 0 Å². The van der Waals surface area contributed by atoms with E-state index in [0.717, 1.165) is 4.90 Å². The molecule has 6 nitrogen and oxygen atoms in total. The van der Waals surface area contributed by atoms with Crippen LogP contribution in [0.3, 0.4) is 0 Å². The molecule has 0 saturated heterocycles. The van der Waals surface area contributed by atoms with Crippen molar-refractivity contribution < 1.29 is 19.4 Å². The standard InChI is InChI=1S/C11H22N2O4/c1-8(2)7-17-6-5-12-11(16)13(4)9(3)10(14)15/h8-9H,5-7H2,1-4H3,(H,12,16)(H,14,15). The van der Waals surface area contributed by atoms with E-state index in [4.69, 9.17) is 9.84 Å². The lowest BCUT2D eigenvalue weighted by Gasteiger charge is -2.21. The molecule has 0 aromatic heterocycles. The highest BCUT2D eigenvalue weighted by Crippen LogP contribution is 1.96. The molecule has 0 radical (unpaired) electrons. The summed E-state index contributed by atoms with van der Waals surface area (Å²) in [7, 11) is 1.45. The Kier molecular flexibility index (Phi) is 7.29. The van der Waals surface area contributed by atoms with Gasteiger partial charge in [0.25, 0.3) is 0 Å². The van der Waals surface area contributed by atoms with Gasteiger partial charge in [-0.1, -0.05) is 13.8 Å². The van der Waals surface area contributed by atoms with Crippen molar-refractivity contribution in [1.29, 1.82) is 0 Å². The first-order valence-electron chi connectivity index (χ1n) is 5.67. The number of amides is 2. The molecule has 0 spiro atoms. The highest BCUT2D eigenvalue weighted by Gasteiger charge is 2.20. The average Bonchev–Trinajstić information content (AvgIpc) is 2.25. The van der Waals surface area contributed by atoms with Crippen LogP contribution in [0.25, 0.3) is 0 Å². The molecule has 0 aromatic carbocycles. The van der Waals surface area contributed by atoms with Crippen LogP contribution in [0.4, 0.5) is 4.79 Å². The van der Waals surface area contributed by atoms with Gasteiger partial charge in [0.2, 0.25) is 0 Å². The highest BCUT2D eigenvalue weighted by atomic mass is 16.5. The molecule has 2 N–H and O–H groups in total. The number of carbonyl (C=O) groups excluding carboxylic acids is 1. The molecule has 2 amide bonds. The summed E-state index contributed by atoms with van der Waals surface area (Å²) in [6.07, 6.45) is 0. The van der Waals surface area contributed by atoms with Gasteiger partial charge in [0, 0.05) is 20.2 Å². The molecule has 0 rings (SSSR count). The summed E-state index contributed by atoms with van der Waals surface area (Å²) in [5.74, 6) is -0.570. The number of carbonyl (C=O) groups is 2. The number of urea groups is 1. The third-order valence-corrected chi connectivity index (χ3v) is 2.23. The molecule has 0 aromatic rings. The quantitative estimate of drug-likeness (QED) is 0.650. The van der Waals surface area contributed by atoms with E-state index in [9.17, 15) is 9.59 Å². The Labute approximate surface area is 102 Å². The largest absolute Gasteiger partial charge is 0.480 e. The third-order valence-electron chi connectivity index (χ3n) is 2.23. The first kappa shape index (κ1) is 15.7. The van der Waals surface area contributed by atoms with E-state index in [0.29, 0.717) is 25.7 Å². The van der Waals surface area contributed by atoms with Gasteiger partial charge < -0.3 is 20.1 Å². The molecule has 0 bridgehead atoms. The lowest BCUT2D eigenvalue weighted by molar-refractivity contribution is -0.141. The second-order valence-electron chi connectivity index (χ2n) is 4.33. The van der Waals surface area contributed by atoms with Crippen molar-refractivity contribution in [1.82, 2.24) is 10.2 Å². The van der Waals surface area contributed by atoms with Crippen LogP contribution in [0, 0.1) is 5.92 Å². The Morgan fingerprint density at radius 2 is 1.94 bits per heavy atom. The fourth-order valence-corrected chi connectivity index (χ4v) is 1.02. The first-order chi connectivity index (χ1) is 7.86. The van der Waals surface area contributed by atoms with Crippen LogP contribution in [0.1, 0.15) is 20.8 Å². The van der Waals surface area contributed by atoms with Crippen molar-refractivity contribution in [3.8, 4) is 0 Å². The Morgan fingerprint density at radius 3 is 2.41 bits per heavy atom. The van der Waals surface area contributed by atoms with Gasteiger partial charge in [-0.05, 0) is 12.8 Å². The number of carboxylic acids is 1. The summed E-state index contributed by atoms with van der Waals surface area (Å²) < 4.78 is 5.28. The summed E-state index contributed by atoms with van der Waals surface area (Å²) in [6, 6.07) is -1.25. The predicted octanol–water partition coefficient (Wildman–Crippen LogP) is 0.773. The topological polar surface area (TPSA) is 78.9 Å². The number of likely N-dealkylation sites (N-methyl/N-ethyl adjacent to an activating group) is 1. The Balaban J connectivity index is 3.75. The van der Waals surface area contributed by atoms with Crippen LogP contribution in [0.15, 0.2) is 0 Å².